The van der Waals surface area contributed by atoms with E-state index in [1.807, 2.05) is 61.5 Å². The number of hydrogen-bond donors (Lipinski definition) is 1. The van der Waals surface area contributed by atoms with Crippen LogP contribution < -0.4 is 5.56 Å². The van der Waals surface area contributed by atoms with Crippen LogP contribution in [0.25, 0.3) is 27.9 Å². The lowest BCUT2D eigenvalue weighted by atomic mass is 10.2. The Morgan fingerprint density at radius 2 is 1.79 bits per heavy atom. The maximum atomic E-state index is 12.1. The topological polar surface area (TPSA) is 88.8 Å². The first kappa shape index (κ1) is 17.6. The highest BCUT2D eigenvalue weighted by Crippen LogP contribution is 2.26. The highest BCUT2D eigenvalue weighted by molar-refractivity contribution is 7.98. The third-order valence-corrected chi connectivity index (χ3v) is 5.41. The van der Waals surface area contributed by atoms with Gasteiger partial charge in [0.2, 0.25) is 0 Å². The van der Waals surface area contributed by atoms with Crippen LogP contribution in [0.1, 0.15) is 11.5 Å². The van der Waals surface area contributed by atoms with Gasteiger partial charge in [0.05, 0.1) is 11.2 Å². The number of nitrogens with one attached hydrogen (secondary N) is 1. The smallest absolute Gasteiger partial charge is 0.251 e. The lowest BCUT2D eigenvalue weighted by Crippen LogP contribution is -2.10. The van der Waals surface area contributed by atoms with Crippen LogP contribution in [0.4, 0.5) is 0 Å². The Kier molecular flexibility index (Phi) is 4.33. The van der Waals surface area contributed by atoms with E-state index in [0.717, 1.165) is 22.1 Å². The minimum atomic E-state index is -0.178. The summed E-state index contributed by atoms with van der Waals surface area (Å²) in [5.41, 5.74) is 3.01. The van der Waals surface area contributed by atoms with Crippen LogP contribution in [0.5, 0.6) is 0 Å². The first-order valence-corrected chi connectivity index (χ1v) is 10.1. The van der Waals surface area contributed by atoms with Crippen molar-refractivity contribution in [2.75, 3.05) is 0 Å². The van der Waals surface area contributed by atoms with Gasteiger partial charge in [0.15, 0.2) is 10.8 Å². The predicted molar refractivity (Wildman–Crippen MR) is 113 cm³/mol. The Labute approximate surface area is 169 Å². The van der Waals surface area contributed by atoms with Crippen molar-refractivity contribution in [2.24, 2.45) is 0 Å². The second kappa shape index (κ2) is 7.14. The largest absolute Gasteiger partial charge is 0.307 e. The van der Waals surface area contributed by atoms with Gasteiger partial charge in [-0.25, -0.2) is 15.0 Å². The summed E-state index contributed by atoms with van der Waals surface area (Å²) < 4.78 is 1.76. The van der Waals surface area contributed by atoms with Crippen LogP contribution in [0.15, 0.2) is 70.6 Å². The van der Waals surface area contributed by atoms with E-state index < -0.39 is 0 Å². The summed E-state index contributed by atoms with van der Waals surface area (Å²) in [6, 6.07) is 19.0. The third kappa shape index (κ3) is 3.38. The zero-order chi connectivity index (χ0) is 19.8. The van der Waals surface area contributed by atoms with Gasteiger partial charge in [0.25, 0.3) is 5.56 Å². The van der Waals surface area contributed by atoms with Crippen molar-refractivity contribution >= 4 is 28.3 Å². The molecule has 0 radical (unpaired) electrons. The molecule has 5 rings (SSSR count). The molecule has 0 aliphatic carbocycles. The number of hydrogen-bond acceptors (Lipinski definition) is 6. The Bertz CT molecular complexity index is 1390. The molecule has 0 atom stereocenters. The van der Waals surface area contributed by atoms with E-state index in [2.05, 4.69) is 20.1 Å². The SMILES string of the molecule is Cc1nc2c3ccccc3nc(SCc3cc(=O)[nH]c(-c4ccccc4)n3)n2n1. The molecule has 2 aromatic carbocycles. The summed E-state index contributed by atoms with van der Waals surface area (Å²) in [6.45, 7) is 1.86. The number of H-pyrrole nitrogens is 1. The van der Waals surface area contributed by atoms with Gasteiger partial charge < -0.3 is 4.98 Å². The van der Waals surface area contributed by atoms with Gasteiger partial charge in [-0.2, -0.15) is 4.52 Å². The van der Waals surface area contributed by atoms with E-state index >= 15 is 0 Å². The number of aromatic nitrogens is 6. The lowest BCUT2D eigenvalue weighted by molar-refractivity contribution is 0.796. The van der Waals surface area contributed by atoms with Crippen molar-refractivity contribution in [3.63, 3.8) is 0 Å². The van der Waals surface area contributed by atoms with Crippen molar-refractivity contribution in [1.29, 1.82) is 0 Å². The summed E-state index contributed by atoms with van der Waals surface area (Å²) in [7, 11) is 0. The van der Waals surface area contributed by atoms with E-state index in [0.29, 0.717) is 28.3 Å². The van der Waals surface area contributed by atoms with Crippen molar-refractivity contribution in [3.8, 4) is 11.4 Å². The molecule has 0 saturated carbocycles. The van der Waals surface area contributed by atoms with Crippen LogP contribution in [-0.4, -0.2) is 29.5 Å². The second-order valence-electron chi connectivity index (χ2n) is 6.55. The summed E-state index contributed by atoms with van der Waals surface area (Å²) in [5, 5.41) is 6.16. The van der Waals surface area contributed by atoms with E-state index in [1.54, 1.807) is 4.52 Å². The molecule has 142 valence electrons. The molecule has 0 fully saturated rings. The molecule has 1 N–H and O–H groups in total. The normalized spacial score (nSPS) is 11.3. The first-order chi connectivity index (χ1) is 14.2. The molecule has 3 aromatic heterocycles. The number of aryl methyl sites for hydroxylation is 1. The second-order valence-corrected chi connectivity index (χ2v) is 7.49. The molecule has 0 saturated heterocycles. The molecule has 3 heterocycles. The number of rotatable bonds is 4. The van der Waals surface area contributed by atoms with Crippen molar-refractivity contribution < 1.29 is 0 Å². The van der Waals surface area contributed by atoms with Gasteiger partial charge in [0.1, 0.15) is 11.6 Å². The van der Waals surface area contributed by atoms with Crippen LogP contribution in [0.3, 0.4) is 0 Å². The zero-order valence-electron chi connectivity index (χ0n) is 15.5. The summed E-state index contributed by atoms with van der Waals surface area (Å²) in [4.78, 5) is 28.9. The summed E-state index contributed by atoms with van der Waals surface area (Å²) in [5.74, 6) is 1.73. The molecule has 0 spiro atoms. The Balaban J connectivity index is 1.52. The van der Waals surface area contributed by atoms with Gasteiger partial charge in [-0.15, -0.1) is 5.10 Å². The fourth-order valence-electron chi connectivity index (χ4n) is 3.18. The Morgan fingerprint density at radius 1 is 1.00 bits per heavy atom. The Morgan fingerprint density at radius 3 is 2.66 bits per heavy atom. The highest BCUT2D eigenvalue weighted by Gasteiger charge is 2.13. The van der Waals surface area contributed by atoms with Crippen LogP contribution in [0.2, 0.25) is 0 Å². The summed E-state index contributed by atoms with van der Waals surface area (Å²) in [6.07, 6.45) is 0. The number of nitrogens with zero attached hydrogens (tertiary/aromatic N) is 5. The third-order valence-electron chi connectivity index (χ3n) is 4.45. The first-order valence-electron chi connectivity index (χ1n) is 9.08. The fourth-order valence-corrected chi connectivity index (χ4v) is 4.02. The minimum absolute atomic E-state index is 0.178. The average molecular weight is 400 g/mol. The maximum Gasteiger partial charge on any atom is 0.251 e. The average Bonchev–Trinajstić information content (AvgIpc) is 3.14. The van der Waals surface area contributed by atoms with Gasteiger partial charge in [-0.1, -0.05) is 54.2 Å². The molecule has 0 unspecified atom stereocenters. The number of para-hydroxylation sites is 1. The van der Waals surface area contributed by atoms with E-state index in [4.69, 9.17) is 4.98 Å². The number of fused-ring (bicyclic) bond motifs is 3. The van der Waals surface area contributed by atoms with Crippen LogP contribution in [-0.2, 0) is 5.75 Å². The molecule has 29 heavy (non-hydrogen) atoms. The monoisotopic (exact) mass is 400 g/mol. The number of aromatic amines is 1. The molecule has 8 heteroatoms. The molecule has 0 aliphatic heterocycles. The molecular formula is C21H16N6OS. The maximum absolute atomic E-state index is 12.1. The molecule has 5 aromatic rings. The molecule has 0 amide bonds. The summed E-state index contributed by atoms with van der Waals surface area (Å²) >= 11 is 1.48. The zero-order valence-corrected chi connectivity index (χ0v) is 16.3. The van der Waals surface area contributed by atoms with E-state index in [9.17, 15) is 4.79 Å². The molecule has 7 nitrogen and oxygen atoms in total. The molecular weight excluding hydrogens is 384 g/mol. The fraction of sp³-hybridized carbons (Fsp3) is 0.0952. The Hall–Kier alpha value is -3.52. The quantitative estimate of drug-likeness (QED) is 0.366. The highest BCUT2D eigenvalue weighted by atomic mass is 32.2. The minimum Gasteiger partial charge on any atom is -0.307 e. The van der Waals surface area contributed by atoms with Gasteiger partial charge in [-0.3, -0.25) is 4.79 Å². The predicted octanol–water partition coefficient (Wildman–Crippen LogP) is 3.63. The van der Waals surface area contributed by atoms with Gasteiger partial charge in [-0.05, 0) is 19.1 Å². The van der Waals surface area contributed by atoms with E-state index in [1.165, 1.54) is 17.8 Å². The van der Waals surface area contributed by atoms with E-state index in [-0.39, 0.29) is 5.56 Å². The van der Waals surface area contributed by atoms with Gasteiger partial charge in [0, 0.05) is 22.8 Å². The van der Waals surface area contributed by atoms with Crippen molar-refractivity contribution in [2.45, 2.75) is 17.8 Å². The molecule has 0 bridgehead atoms. The van der Waals surface area contributed by atoms with Crippen LogP contribution in [0, 0.1) is 6.92 Å². The molecule has 0 aliphatic rings. The van der Waals surface area contributed by atoms with Crippen molar-refractivity contribution in [1.82, 2.24) is 29.5 Å². The lowest BCUT2D eigenvalue weighted by Gasteiger charge is -2.07. The standard InChI is InChI=1S/C21H16N6OS/c1-13-22-20-16-9-5-6-10-17(16)24-21(27(20)26-13)29-12-15-11-18(28)25-19(23-15)14-7-3-2-4-8-14/h2-11H,12H2,1H3,(H,23,25,28). The van der Waals surface area contributed by atoms with Gasteiger partial charge >= 0.3 is 0 Å². The number of benzene rings is 2. The van der Waals surface area contributed by atoms with Crippen LogP contribution >= 0.6 is 11.8 Å². The van der Waals surface area contributed by atoms with Crippen molar-refractivity contribution in [3.05, 3.63) is 82.5 Å². The number of thioether (sulfide) groups is 1.